The Hall–Kier alpha value is -3.05. The Labute approximate surface area is 184 Å². The summed E-state index contributed by atoms with van der Waals surface area (Å²) in [6, 6.07) is 10.1. The normalized spacial score (nSPS) is 13.8. The second-order valence-corrected chi connectivity index (χ2v) is 8.08. The van der Waals surface area contributed by atoms with E-state index in [4.69, 9.17) is 10.5 Å². The molecule has 1 aliphatic rings. The van der Waals surface area contributed by atoms with E-state index in [-0.39, 0.29) is 0 Å². The SMILES string of the molecule is CN=C(NCCCc1nn(-c2ccc(C)cc2)c(N)c1C#N)N(C)CCOCC1CC1. The van der Waals surface area contributed by atoms with Gasteiger partial charge in [0.05, 0.1) is 18.0 Å². The molecule has 8 nitrogen and oxygen atoms in total. The summed E-state index contributed by atoms with van der Waals surface area (Å²) in [7, 11) is 3.79. The van der Waals surface area contributed by atoms with E-state index in [2.05, 4.69) is 26.4 Å². The van der Waals surface area contributed by atoms with Crippen LogP contribution in [0.3, 0.4) is 0 Å². The van der Waals surface area contributed by atoms with Crippen molar-refractivity contribution in [3.05, 3.63) is 41.1 Å². The molecule has 1 aliphatic carbocycles. The number of nitrogens with zero attached hydrogens (tertiary/aromatic N) is 5. The number of nitriles is 1. The summed E-state index contributed by atoms with van der Waals surface area (Å²) in [6.07, 6.45) is 4.08. The first-order valence-electron chi connectivity index (χ1n) is 10.9. The van der Waals surface area contributed by atoms with Gasteiger partial charge in [0.25, 0.3) is 0 Å². The van der Waals surface area contributed by atoms with Gasteiger partial charge in [0.2, 0.25) is 0 Å². The molecule has 1 fully saturated rings. The molecule has 8 heteroatoms. The number of aromatic nitrogens is 2. The molecule has 0 amide bonds. The predicted molar refractivity (Wildman–Crippen MR) is 123 cm³/mol. The van der Waals surface area contributed by atoms with Crippen molar-refractivity contribution in [1.82, 2.24) is 20.0 Å². The molecular weight excluding hydrogens is 390 g/mol. The van der Waals surface area contributed by atoms with Gasteiger partial charge < -0.3 is 20.7 Å². The number of nitrogens with one attached hydrogen (secondary N) is 1. The lowest BCUT2D eigenvalue weighted by Gasteiger charge is -2.22. The van der Waals surface area contributed by atoms with Crippen LogP contribution in [0.4, 0.5) is 5.82 Å². The zero-order valence-corrected chi connectivity index (χ0v) is 18.8. The number of guanidine groups is 1. The van der Waals surface area contributed by atoms with Crippen LogP contribution >= 0.6 is 0 Å². The molecule has 1 aromatic carbocycles. The maximum atomic E-state index is 9.56. The zero-order valence-electron chi connectivity index (χ0n) is 18.8. The summed E-state index contributed by atoms with van der Waals surface area (Å²) in [5.41, 5.74) is 9.40. The second kappa shape index (κ2) is 10.8. The van der Waals surface area contributed by atoms with Gasteiger partial charge in [-0.05, 0) is 50.7 Å². The van der Waals surface area contributed by atoms with Crippen LogP contribution in [0.5, 0.6) is 0 Å². The molecule has 0 atom stereocenters. The number of aliphatic imine (C=N–C) groups is 1. The lowest BCUT2D eigenvalue weighted by Crippen LogP contribution is -2.41. The average molecular weight is 424 g/mol. The van der Waals surface area contributed by atoms with Crippen LogP contribution in [-0.4, -0.2) is 61.0 Å². The molecule has 0 bridgehead atoms. The van der Waals surface area contributed by atoms with E-state index in [9.17, 15) is 5.26 Å². The molecule has 1 heterocycles. The Bertz CT molecular complexity index is 923. The van der Waals surface area contributed by atoms with Crippen LogP contribution in [0.15, 0.2) is 29.3 Å². The van der Waals surface area contributed by atoms with E-state index >= 15 is 0 Å². The zero-order chi connectivity index (χ0) is 22.2. The number of likely N-dealkylation sites (N-methyl/N-ethyl adjacent to an activating group) is 1. The number of nitrogen functional groups attached to an aromatic ring is 1. The first-order chi connectivity index (χ1) is 15.0. The van der Waals surface area contributed by atoms with Gasteiger partial charge >= 0.3 is 0 Å². The van der Waals surface area contributed by atoms with Crippen LogP contribution in [0.25, 0.3) is 5.69 Å². The first-order valence-corrected chi connectivity index (χ1v) is 10.9. The van der Waals surface area contributed by atoms with Gasteiger partial charge in [0, 0.05) is 33.8 Å². The maximum Gasteiger partial charge on any atom is 0.193 e. The van der Waals surface area contributed by atoms with Crippen molar-refractivity contribution in [2.45, 2.75) is 32.6 Å². The number of rotatable bonds is 10. The topological polar surface area (TPSA) is 104 Å². The van der Waals surface area contributed by atoms with Crippen molar-refractivity contribution in [3.8, 4) is 11.8 Å². The molecular formula is C23H33N7O. The van der Waals surface area contributed by atoms with Crippen LogP contribution < -0.4 is 11.1 Å². The quantitative estimate of drug-likeness (QED) is 0.346. The number of benzene rings is 1. The maximum absolute atomic E-state index is 9.56. The van der Waals surface area contributed by atoms with Crippen LogP contribution in [-0.2, 0) is 11.2 Å². The summed E-state index contributed by atoms with van der Waals surface area (Å²) in [5.74, 6) is 2.00. The second-order valence-electron chi connectivity index (χ2n) is 8.08. The molecule has 0 saturated heterocycles. The lowest BCUT2D eigenvalue weighted by atomic mass is 10.1. The van der Waals surface area contributed by atoms with Gasteiger partial charge in [0.15, 0.2) is 5.96 Å². The van der Waals surface area contributed by atoms with E-state index < -0.39 is 0 Å². The average Bonchev–Trinajstić information content (AvgIpc) is 3.54. The van der Waals surface area contributed by atoms with Crippen LogP contribution in [0.2, 0.25) is 0 Å². The van der Waals surface area contributed by atoms with Crippen molar-refractivity contribution in [2.24, 2.45) is 10.9 Å². The van der Waals surface area contributed by atoms with Crippen molar-refractivity contribution in [3.63, 3.8) is 0 Å². The third kappa shape index (κ3) is 6.22. The van der Waals surface area contributed by atoms with Crippen molar-refractivity contribution >= 4 is 11.8 Å². The number of ether oxygens (including phenoxy) is 1. The molecule has 0 spiro atoms. The van der Waals surface area contributed by atoms with Gasteiger partial charge in [-0.3, -0.25) is 4.99 Å². The molecule has 166 valence electrons. The Balaban J connectivity index is 1.49. The Kier molecular flexibility index (Phi) is 7.90. The minimum absolute atomic E-state index is 0.385. The van der Waals surface area contributed by atoms with Crippen molar-refractivity contribution in [2.75, 3.05) is 46.1 Å². The summed E-state index contributed by atoms with van der Waals surface area (Å²) < 4.78 is 7.36. The van der Waals surface area contributed by atoms with Gasteiger partial charge in [-0.15, -0.1) is 0 Å². The lowest BCUT2D eigenvalue weighted by molar-refractivity contribution is 0.115. The minimum Gasteiger partial charge on any atom is -0.382 e. The highest BCUT2D eigenvalue weighted by molar-refractivity contribution is 5.79. The molecule has 0 unspecified atom stereocenters. The van der Waals surface area contributed by atoms with Gasteiger partial charge in [-0.1, -0.05) is 17.7 Å². The summed E-state index contributed by atoms with van der Waals surface area (Å²) in [4.78, 5) is 6.41. The van der Waals surface area contributed by atoms with Crippen molar-refractivity contribution < 1.29 is 4.74 Å². The van der Waals surface area contributed by atoms with E-state index in [0.717, 1.165) is 54.9 Å². The highest BCUT2D eigenvalue weighted by atomic mass is 16.5. The van der Waals surface area contributed by atoms with E-state index in [0.29, 0.717) is 24.4 Å². The van der Waals surface area contributed by atoms with Crippen LogP contribution in [0, 0.1) is 24.2 Å². The number of anilines is 1. The molecule has 3 N–H and O–H groups in total. The summed E-state index contributed by atoms with van der Waals surface area (Å²) in [5, 5.41) is 17.5. The third-order valence-electron chi connectivity index (χ3n) is 5.45. The standard InChI is InChI=1S/C23H33N7O/c1-17-6-10-19(11-7-17)30-22(25)20(15-24)21(28-30)5-4-12-27-23(26-2)29(3)13-14-31-16-18-8-9-18/h6-7,10-11,18H,4-5,8-9,12-14,16,25H2,1-3H3,(H,26,27). The molecule has 2 aromatic rings. The highest BCUT2D eigenvalue weighted by Gasteiger charge is 2.21. The summed E-state index contributed by atoms with van der Waals surface area (Å²) in [6.45, 7) is 5.13. The Morgan fingerprint density at radius 3 is 2.77 bits per heavy atom. The molecule has 1 saturated carbocycles. The monoisotopic (exact) mass is 423 g/mol. The Morgan fingerprint density at radius 1 is 1.39 bits per heavy atom. The molecule has 1 aromatic heterocycles. The van der Waals surface area contributed by atoms with Gasteiger partial charge in [0.1, 0.15) is 17.5 Å². The molecule has 3 rings (SSSR count). The van der Waals surface area contributed by atoms with E-state index in [1.807, 2.05) is 38.2 Å². The van der Waals surface area contributed by atoms with Crippen LogP contribution in [0.1, 0.15) is 36.1 Å². The predicted octanol–water partition coefficient (Wildman–Crippen LogP) is 2.50. The highest BCUT2D eigenvalue weighted by Crippen LogP contribution is 2.28. The van der Waals surface area contributed by atoms with E-state index in [1.165, 1.54) is 12.8 Å². The number of hydrogen-bond acceptors (Lipinski definition) is 5. The fraction of sp³-hybridized carbons (Fsp3) is 0.522. The third-order valence-corrected chi connectivity index (χ3v) is 5.45. The largest absolute Gasteiger partial charge is 0.382 e. The number of nitrogens with two attached hydrogens (primary N) is 1. The minimum atomic E-state index is 0.385. The first kappa shape index (κ1) is 22.6. The van der Waals surface area contributed by atoms with Gasteiger partial charge in [-0.2, -0.15) is 10.4 Å². The molecule has 31 heavy (non-hydrogen) atoms. The molecule has 0 aliphatic heterocycles. The number of aryl methyl sites for hydroxylation is 2. The smallest absolute Gasteiger partial charge is 0.193 e. The van der Waals surface area contributed by atoms with E-state index in [1.54, 1.807) is 11.7 Å². The molecule has 0 radical (unpaired) electrons. The fourth-order valence-electron chi connectivity index (χ4n) is 3.34. The fourth-order valence-corrected chi connectivity index (χ4v) is 3.34. The Morgan fingerprint density at radius 2 is 2.13 bits per heavy atom. The van der Waals surface area contributed by atoms with Crippen molar-refractivity contribution in [1.29, 1.82) is 5.26 Å². The summed E-state index contributed by atoms with van der Waals surface area (Å²) >= 11 is 0. The van der Waals surface area contributed by atoms with Gasteiger partial charge in [-0.25, -0.2) is 4.68 Å². The number of hydrogen-bond donors (Lipinski definition) is 2.